The SMILES string of the molecule is C=C(C)CNC(N)=NCC(c1ccc(OC)c(OC)c1)N1CCOCC1. The van der Waals surface area contributed by atoms with Crippen LogP contribution in [-0.4, -0.2) is 64.5 Å². The summed E-state index contributed by atoms with van der Waals surface area (Å²) in [5, 5.41) is 3.07. The van der Waals surface area contributed by atoms with E-state index in [-0.39, 0.29) is 6.04 Å². The Bertz CT molecular complexity index is 627. The minimum Gasteiger partial charge on any atom is -0.493 e. The minimum absolute atomic E-state index is 0.0869. The molecule has 1 atom stereocenters. The lowest BCUT2D eigenvalue weighted by molar-refractivity contribution is 0.0179. The van der Waals surface area contributed by atoms with Gasteiger partial charge in [0, 0.05) is 19.6 Å². The van der Waals surface area contributed by atoms with Crippen molar-refractivity contribution < 1.29 is 14.2 Å². The highest BCUT2D eigenvalue weighted by Gasteiger charge is 2.23. The molecular weight excluding hydrogens is 332 g/mol. The van der Waals surface area contributed by atoms with Gasteiger partial charge in [-0.2, -0.15) is 0 Å². The van der Waals surface area contributed by atoms with Gasteiger partial charge in [-0.25, -0.2) is 0 Å². The maximum Gasteiger partial charge on any atom is 0.188 e. The van der Waals surface area contributed by atoms with Crippen molar-refractivity contribution in [3.8, 4) is 11.5 Å². The Hall–Kier alpha value is -2.25. The highest BCUT2D eigenvalue weighted by Crippen LogP contribution is 2.32. The van der Waals surface area contributed by atoms with Crippen LogP contribution in [0, 0.1) is 0 Å². The second-order valence-corrected chi connectivity index (χ2v) is 6.32. The summed E-state index contributed by atoms with van der Waals surface area (Å²) >= 11 is 0. The van der Waals surface area contributed by atoms with Crippen molar-refractivity contribution in [3.63, 3.8) is 0 Å². The molecule has 1 aromatic carbocycles. The van der Waals surface area contributed by atoms with Crippen molar-refractivity contribution in [3.05, 3.63) is 35.9 Å². The number of benzene rings is 1. The quantitative estimate of drug-likeness (QED) is 0.415. The lowest BCUT2D eigenvalue weighted by Gasteiger charge is -2.34. The second-order valence-electron chi connectivity index (χ2n) is 6.32. The monoisotopic (exact) mass is 362 g/mol. The van der Waals surface area contributed by atoms with Crippen LogP contribution in [0.5, 0.6) is 11.5 Å². The smallest absolute Gasteiger partial charge is 0.188 e. The van der Waals surface area contributed by atoms with E-state index in [4.69, 9.17) is 19.9 Å². The Labute approximate surface area is 155 Å². The molecule has 0 radical (unpaired) electrons. The third-order valence-electron chi connectivity index (χ3n) is 4.28. The fraction of sp³-hybridized carbons (Fsp3) is 0.526. The van der Waals surface area contributed by atoms with Crippen LogP contribution in [0.1, 0.15) is 18.5 Å². The van der Waals surface area contributed by atoms with Crippen LogP contribution in [0.2, 0.25) is 0 Å². The van der Waals surface area contributed by atoms with Gasteiger partial charge in [-0.15, -0.1) is 0 Å². The molecule has 1 aliphatic rings. The van der Waals surface area contributed by atoms with Crippen molar-refractivity contribution >= 4 is 5.96 Å². The number of nitrogens with two attached hydrogens (primary N) is 1. The molecule has 1 heterocycles. The summed E-state index contributed by atoms with van der Waals surface area (Å²) in [5.74, 6) is 1.84. The third kappa shape index (κ3) is 5.64. The Morgan fingerprint density at radius 3 is 2.62 bits per heavy atom. The number of aliphatic imine (C=N–C) groups is 1. The molecule has 0 spiro atoms. The summed E-state index contributed by atoms with van der Waals surface area (Å²) in [6.07, 6.45) is 0. The summed E-state index contributed by atoms with van der Waals surface area (Å²) in [5.41, 5.74) is 8.11. The van der Waals surface area contributed by atoms with E-state index in [1.807, 2.05) is 19.1 Å². The molecule has 1 saturated heterocycles. The zero-order chi connectivity index (χ0) is 18.9. The average molecular weight is 362 g/mol. The maximum atomic E-state index is 5.99. The molecule has 0 aliphatic carbocycles. The molecule has 1 aliphatic heterocycles. The first-order valence-corrected chi connectivity index (χ1v) is 8.77. The largest absolute Gasteiger partial charge is 0.493 e. The Balaban J connectivity index is 2.20. The van der Waals surface area contributed by atoms with Crippen molar-refractivity contribution in [1.82, 2.24) is 10.2 Å². The van der Waals surface area contributed by atoms with Crippen LogP contribution in [0.25, 0.3) is 0 Å². The standard InChI is InChI=1S/C19H30N4O3/c1-14(2)12-21-19(20)22-13-16(23-7-9-26-10-8-23)15-5-6-17(24-3)18(11-15)25-4/h5-6,11,16H,1,7-10,12-13H2,2-4H3,(H3,20,21,22). The van der Waals surface area contributed by atoms with Crippen LogP contribution >= 0.6 is 0 Å². The first kappa shape index (κ1) is 20.1. The predicted octanol–water partition coefficient (Wildman–Crippen LogP) is 1.56. The number of nitrogens with one attached hydrogen (secondary N) is 1. The zero-order valence-corrected chi connectivity index (χ0v) is 16.0. The van der Waals surface area contributed by atoms with Gasteiger partial charge in [0.15, 0.2) is 17.5 Å². The van der Waals surface area contributed by atoms with E-state index >= 15 is 0 Å². The summed E-state index contributed by atoms with van der Waals surface area (Å²) in [6.45, 7) is 10.1. The molecule has 1 fully saturated rings. The van der Waals surface area contributed by atoms with Crippen LogP contribution in [-0.2, 0) is 4.74 Å². The van der Waals surface area contributed by atoms with Gasteiger partial charge in [-0.05, 0) is 24.6 Å². The minimum atomic E-state index is 0.0869. The molecule has 2 rings (SSSR count). The molecule has 7 heteroatoms. The molecule has 0 amide bonds. The molecule has 26 heavy (non-hydrogen) atoms. The molecule has 7 nitrogen and oxygen atoms in total. The summed E-state index contributed by atoms with van der Waals surface area (Å²) < 4.78 is 16.3. The first-order chi connectivity index (χ1) is 12.5. The topological polar surface area (TPSA) is 81.3 Å². The van der Waals surface area contributed by atoms with Gasteiger partial charge in [0.25, 0.3) is 0 Å². The van der Waals surface area contributed by atoms with Crippen molar-refractivity contribution in [2.24, 2.45) is 10.7 Å². The number of hydrogen-bond donors (Lipinski definition) is 2. The highest BCUT2D eigenvalue weighted by molar-refractivity contribution is 5.78. The van der Waals surface area contributed by atoms with Gasteiger partial charge >= 0.3 is 0 Å². The highest BCUT2D eigenvalue weighted by atomic mass is 16.5. The first-order valence-electron chi connectivity index (χ1n) is 8.77. The fourth-order valence-electron chi connectivity index (χ4n) is 2.86. The molecule has 144 valence electrons. The van der Waals surface area contributed by atoms with Crippen molar-refractivity contribution in [2.45, 2.75) is 13.0 Å². The van der Waals surface area contributed by atoms with Gasteiger partial charge < -0.3 is 25.3 Å². The molecule has 0 saturated carbocycles. The predicted molar refractivity (Wildman–Crippen MR) is 104 cm³/mol. The van der Waals surface area contributed by atoms with Crippen molar-refractivity contribution in [2.75, 3.05) is 53.6 Å². The second kappa shape index (κ2) is 10.0. The number of ether oxygens (including phenoxy) is 3. The lowest BCUT2D eigenvalue weighted by atomic mass is 10.0. The van der Waals surface area contributed by atoms with Crippen LogP contribution in [0.15, 0.2) is 35.3 Å². The lowest BCUT2D eigenvalue weighted by Crippen LogP contribution is -2.41. The number of rotatable bonds is 8. The molecule has 0 aromatic heterocycles. The molecule has 0 bridgehead atoms. The summed E-state index contributed by atoms with van der Waals surface area (Å²) in [4.78, 5) is 6.90. The van der Waals surface area contributed by atoms with E-state index in [0.717, 1.165) is 37.4 Å². The van der Waals surface area contributed by atoms with Gasteiger partial charge in [0.1, 0.15) is 0 Å². The number of nitrogens with zero attached hydrogens (tertiary/aromatic N) is 2. The van der Waals surface area contributed by atoms with E-state index in [0.29, 0.717) is 30.5 Å². The molecule has 1 aromatic rings. The van der Waals surface area contributed by atoms with Crippen molar-refractivity contribution in [1.29, 1.82) is 0 Å². The Morgan fingerprint density at radius 1 is 1.31 bits per heavy atom. The molecular formula is C19H30N4O3. The number of guanidine groups is 1. The van der Waals surface area contributed by atoms with E-state index < -0.39 is 0 Å². The van der Waals surface area contributed by atoms with Gasteiger partial charge in [0.05, 0.1) is 40.0 Å². The van der Waals surface area contributed by atoms with E-state index in [1.165, 1.54) is 0 Å². The van der Waals surface area contributed by atoms with E-state index in [1.54, 1.807) is 14.2 Å². The summed E-state index contributed by atoms with van der Waals surface area (Å²) in [6, 6.07) is 6.07. The van der Waals surface area contributed by atoms with E-state index in [2.05, 4.69) is 27.9 Å². The van der Waals surface area contributed by atoms with E-state index in [9.17, 15) is 0 Å². The number of hydrogen-bond acceptors (Lipinski definition) is 5. The fourth-order valence-corrected chi connectivity index (χ4v) is 2.86. The van der Waals surface area contributed by atoms with Gasteiger partial charge in [-0.3, -0.25) is 9.89 Å². The average Bonchev–Trinajstić information content (AvgIpc) is 2.67. The third-order valence-corrected chi connectivity index (χ3v) is 4.28. The maximum absolute atomic E-state index is 5.99. The van der Waals surface area contributed by atoms with Gasteiger partial charge in [-0.1, -0.05) is 18.2 Å². The number of methoxy groups -OCH3 is 2. The Kier molecular flexibility index (Phi) is 7.74. The molecule has 3 N–H and O–H groups in total. The normalized spacial score (nSPS) is 16.8. The Morgan fingerprint density at radius 2 is 2.00 bits per heavy atom. The molecule has 1 unspecified atom stereocenters. The van der Waals surface area contributed by atoms with Crippen LogP contribution in [0.3, 0.4) is 0 Å². The zero-order valence-electron chi connectivity index (χ0n) is 16.0. The van der Waals surface area contributed by atoms with Crippen LogP contribution in [0.4, 0.5) is 0 Å². The van der Waals surface area contributed by atoms with Crippen LogP contribution < -0.4 is 20.5 Å². The summed E-state index contributed by atoms with van der Waals surface area (Å²) in [7, 11) is 3.28. The van der Waals surface area contributed by atoms with Gasteiger partial charge in [0.2, 0.25) is 0 Å². The number of morpholine rings is 1.